The number of hydrogen-bond donors (Lipinski definition) is 0. The number of likely N-dealkylation sites (tertiary alicyclic amines) is 1. The van der Waals surface area contributed by atoms with Gasteiger partial charge in [0.25, 0.3) is 5.91 Å². The number of hydrogen-bond acceptors (Lipinski definition) is 3. The van der Waals surface area contributed by atoms with Crippen LogP contribution in [0.3, 0.4) is 0 Å². The molecule has 3 rings (SSSR count). The third kappa shape index (κ3) is 3.92. The van der Waals surface area contributed by atoms with Gasteiger partial charge < -0.3 is 9.64 Å². The van der Waals surface area contributed by atoms with Crippen LogP contribution in [0.25, 0.3) is 0 Å². The van der Waals surface area contributed by atoms with E-state index in [2.05, 4.69) is 18.9 Å². The van der Waals surface area contributed by atoms with Crippen LogP contribution in [0.5, 0.6) is 5.75 Å². The summed E-state index contributed by atoms with van der Waals surface area (Å²) in [6, 6.07) is 11.3. The molecule has 0 spiro atoms. The van der Waals surface area contributed by atoms with Crippen LogP contribution in [-0.2, 0) is 6.73 Å². The summed E-state index contributed by atoms with van der Waals surface area (Å²) in [6.07, 6.45) is 2.97. The molecular weight excluding hydrogens is 290 g/mol. The van der Waals surface area contributed by atoms with Gasteiger partial charge in [0.15, 0.2) is 12.4 Å². The molecule has 2 aromatic rings. The molecule has 0 aliphatic carbocycles. The number of aromatic nitrogens is 2. The summed E-state index contributed by atoms with van der Waals surface area (Å²) in [5, 5.41) is 4.35. The number of benzene rings is 1. The maximum Gasteiger partial charge on any atom is 0.274 e. The van der Waals surface area contributed by atoms with Gasteiger partial charge in [-0.25, -0.2) is 4.68 Å². The Labute approximate surface area is 136 Å². The van der Waals surface area contributed by atoms with E-state index in [-0.39, 0.29) is 5.91 Å². The van der Waals surface area contributed by atoms with E-state index in [1.807, 2.05) is 35.2 Å². The highest BCUT2D eigenvalue weighted by Gasteiger charge is 2.27. The van der Waals surface area contributed by atoms with Crippen molar-refractivity contribution < 1.29 is 9.53 Å². The summed E-state index contributed by atoms with van der Waals surface area (Å²) in [5.41, 5.74) is 0.489. The van der Waals surface area contributed by atoms with Crippen LogP contribution in [-0.4, -0.2) is 33.7 Å². The van der Waals surface area contributed by atoms with Crippen molar-refractivity contribution in [1.29, 1.82) is 0 Å². The molecule has 2 heterocycles. The number of nitrogens with zero attached hydrogens (tertiary/aromatic N) is 3. The Balaban J connectivity index is 1.61. The summed E-state index contributed by atoms with van der Waals surface area (Å²) in [5.74, 6) is 1.90. The predicted molar refractivity (Wildman–Crippen MR) is 88.1 cm³/mol. The molecule has 1 aromatic carbocycles. The van der Waals surface area contributed by atoms with Crippen LogP contribution in [0.2, 0.25) is 0 Å². The van der Waals surface area contributed by atoms with Gasteiger partial charge in [-0.15, -0.1) is 0 Å². The number of ether oxygens (including phenoxy) is 1. The van der Waals surface area contributed by atoms with Gasteiger partial charge in [-0.1, -0.05) is 32.0 Å². The van der Waals surface area contributed by atoms with Crippen molar-refractivity contribution in [3.63, 3.8) is 0 Å². The Morgan fingerprint density at radius 2 is 1.87 bits per heavy atom. The molecule has 1 aromatic heterocycles. The first-order valence-corrected chi connectivity index (χ1v) is 8.12. The SMILES string of the molecule is CC1CC(C)CN(C(=O)c2ccn(COc3ccccc3)n2)C1. The zero-order chi connectivity index (χ0) is 16.2. The van der Waals surface area contributed by atoms with Gasteiger partial charge in [-0.3, -0.25) is 4.79 Å². The molecule has 1 amide bonds. The van der Waals surface area contributed by atoms with E-state index in [0.717, 1.165) is 18.8 Å². The van der Waals surface area contributed by atoms with Crippen molar-refractivity contribution in [3.8, 4) is 5.75 Å². The highest BCUT2D eigenvalue weighted by atomic mass is 16.5. The van der Waals surface area contributed by atoms with Crippen LogP contribution in [0.4, 0.5) is 0 Å². The number of para-hydroxylation sites is 1. The Kier molecular flexibility index (Phi) is 4.65. The molecule has 0 radical (unpaired) electrons. The van der Waals surface area contributed by atoms with Crippen molar-refractivity contribution in [2.24, 2.45) is 11.8 Å². The number of piperidine rings is 1. The van der Waals surface area contributed by atoms with Gasteiger partial charge in [-0.05, 0) is 36.5 Å². The summed E-state index contributed by atoms with van der Waals surface area (Å²) < 4.78 is 7.29. The van der Waals surface area contributed by atoms with Crippen molar-refractivity contribution in [2.45, 2.75) is 27.0 Å². The maximum atomic E-state index is 12.6. The molecular formula is C18H23N3O2. The summed E-state index contributed by atoms with van der Waals surface area (Å²) in [7, 11) is 0. The lowest BCUT2D eigenvalue weighted by Crippen LogP contribution is -2.42. The van der Waals surface area contributed by atoms with Crippen molar-refractivity contribution in [1.82, 2.24) is 14.7 Å². The van der Waals surface area contributed by atoms with Crippen molar-refractivity contribution >= 4 is 5.91 Å². The first-order chi connectivity index (χ1) is 11.1. The monoisotopic (exact) mass is 313 g/mol. The van der Waals surface area contributed by atoms with Crippen LogP contribution in [0, 0.1) is 11.8 Å². The summed E-state index contributed by atoms with van der Waals surface area (Å²) in [6.45, 7) is 6.32. The second-order valence-electron chi connectivity index (χ2n) is 6.48. The first-order valence-electron chi connectivity index (χ1n) is 8.12. The van der Waals surface area contributed by atoms with E-state index in [1.165, 1.54) is 6.42 Å². The molecule has 0 N–H and O–H groups in total. The van der Waals surface area contributed by atoms with E-state index in [9.17, 15) is 4.79 Å². The molecule has 23 heavy (non-hydrogen) atoms. The Morgan fingerprint density at radius 1 is 1.17 bits per heavy atom. The van der Waals surface area contributed by atoms with Gasteiger partial charge in [-0.2, -0.15) is 5.10 Å². The zero-order valence-corrected chi connectivity index (χ0v) is 13.7. The van der Waals surface area contributed by atoms with E-state index in [1.54, 1.807) is 16.9 Å². The Bertz CT molecular complexity index is 643. The van der Waals surface area contributed by atoms with E-state index < -0.39 is 0 Å². The minimum absolute atomic E-state index is 0.0156. The summed E-state index contributed by atoms with van der Waals surface area (Å²) >= 11 is 0. The molecule has 5 nitrogen and oxygen atoms in total. The van der Waals surface area contributed by atoms with Crippen LogP contribution in [0.15, 0.2) is 42.6 Å². The largest absolute Gasteiger partial charge is 0.471 e. The van der Waals surface area contributed by atoms with Crippen molar-refractivity contribution in [3.05, 3.63) is 48.3 Å². The van der Waals surface area contributed by atoms with Crippen molar-refractivity contribution in [2.75, 3.05) is 13.1 Å². The molecule has 0 bridgehead atoms. The molecule has 2 unspecified atom stereocenters. The minimum Gasteiger partial charge on any atom is -0.471 e. The first kappa shape index (κ1) is 15.6. The molecule has 1 aliphatic heterocycles. The lowest BCUT2D eigenvalue weighted by atomic mass is 9.92. The van der Waals surface area contributed by atoms with Gasteiger partial charge in [0, 0.05) is 19.3 Å². The predicted octanol–water partition coefficient (Wildman–Crippen LogP) is 3.04. The summed E-state index contributed by atoms with van der Waals surface area (Å²) in [4.78, 5) is 14.5. The molecule has 1 fully saturated rings. The zero-order valence-electron chi connectivity index (χ0n) is 13.7. The minimum atomic E-state index is 0.0156. The highest BCUT2D eigenvalue weighted by Crippen LogP contribution is 2.22. The normalized spacial score (nSPS) is 21.2. The average molecular weight is 313 g/mol. The third-order valence-corrected chi connectivity index (χ3v) is 4.12. The number of amides is 1. The quantitative estimate of drug-likeness (QED) is 0.871. The fourth-order valence-corrected chi connectivity index (χ4v) is 3.20. The lowest BCUT2D eigenvalue weighted by Gasteiger charge is -2.34. The van der Waals surface area contributed by atoms with Crippen LogP contribution in [0.1, 0.15) is 30.8 Å². The molecule has 5 heteroatoms. The fourth-order valence-electron chi connectivity index (χ4n) is 3.20. The molecule has 2 atom stereocenters. The van der Waals surface area contributed by atoms with Gasteiger partial charge in [0.05, 0.1) is 0 Å². The average Bonchev–Trinajstić information content (AvgIpc) is 3.01. The van der Waals surface area contributed by atoms with Crippen LogP contribution < -0.4 is 4.74 Å². The third-order valence-electron chi connectivity index (χ3n) is 4.12. The fraction of sp³-hybridized carbons (Fsp3) is 0.444. The van der Waals surface area contributed by atoms with E-state index in [4.69, 9.17) is 4.74 Å². The lowest BCUT2D eigenvalue weighted by molar-refractivity contribution is 0.0615. The molecule has 1 aliphatic rings. The second-order valence-corrected chi connectivity index (χ2v) is 6.48. The smallest absolute Gasteiger partial charge is 0.274 e. The highest BCUT2D eigenvalue weighted by molar-refractivity contribution is 5.92. The Hall–Kier alpha value is -2.30. The molecule has 0 saturated carbocycles. The standard InChI is InChI=1S/C18H23N3O2/c1-14-10-15(2)12-20(11-14)18(22)17-8-9-21(19-17)13-23-16-6-4-3-5-7-16/h3-9,14-15H,10-13H2,1-2H3. The molecule has 122 valence electrons. The van der Waals surface area contributed by atoms with E-state index in [0.29, 0.717) is 24.3 Å². The van der Waals surface area contributed by atoms with Gasteiger partial charge in [0.2, 0.25) is 0 Å². The maximum absolute atomic E-state index is 12.6. The second kappa shape index (κ2) is 6.86. The van der Waals surface area contributed by atoms with Gasteiger partial charge in [0.1, 0.15) is 5.75 Å². The van der Waals surface area contributed by atoms with E-state index >= 15 is 0 Å². The van der Waals surface area contributed by atoms with Gasteiger partial charge >= 0.3 is 0 Å². The topological polar surface area (TPSA) is 47.4 Å². The number of rotatable bonds is 4. The number of carbonyl (C=O) groups excluding carboxylic acids is 1. The Morgan fingerprint density at radius 3 is 2.57 bits per heavy atom. The number of carbonyl (C=O) groups is 1. The van der Waals surface area contributed by atoms with Crippen LogP contribution >= 0.6 is 0 Å². The molecule has 1 saturated heterocycles.